The molecule has 23 heavy (non-hydrogen) atoms. The van der Waals surface area contributed by atoms with E-state index in [4.69, 9.17) is 22.1 Å². The predicted octanol–water partition coefficient (Wildman–Crippen LogP) is 2.80. The Morgan fingerprint density at radius 2 is 2.13 bits per heavy atom. The third-order valence-electron chi connectivity index (χ3n) is 4.84. The maximum Gasteiger partial charge on any atom is 0.226 e. The number of nitrogens with zero attached hydrogens (tertiary/aromatic N) is 1. The maximum atomic E-state index is 12.6. The van der Waals surface area contributed by atoms with E-state index in [-0.39, 0.29) is 12.0 Å². The van der Waals surface area contributed by atoms with Crippen LogP contribution >= 0.6 is 11.6 Å². The Morgan fingerprint density at radius 1 is 1.35 bits per heavy atom. The SMILES string of the molecule is NCCCOC1CCN(C(=O)C2CC2c2cccc(Cl)c2)CC1. The lowest BCUT2D eigenvalue weighted by Gasteiger charge is -2.32. The van der Waals surface area contributed by atoms with Gasteiger partial charge in [0, 0.05) is 30.6 Å². The van der Waals surface area contributed by atoms with Gasteiger partial charge in [-0.3, -0.25) is 4.79 Å². The van der Waals surface area contributed by atoms with Crippen LogP contribution in [0.4, 0.5) is 0 Å². The van der Waals surface area contributed by atoms with Crippen molar-refractivity contribution in [2.75, 3.05) is 26.2 Å². The van der Waals surface area contributed by atoms with E-state index in [1.165, 1.54) is 5.56 Å². The number of nitrogens with two attached hydrogens (primary N) is 1. The molecule has 5 heteroatoms. The van der Waals surface area contributed by atoms with Gasteiger partial charge in [-0.15, -0.1) is 0 Å². The summed E-state index contributed by atoms with van der Waals surface area (Å²) in [5.41, 5.74) is 6.67. The highest BCUT2D eigenvalue weighted by Gasteiger charge is 2.46. The second-order valence-electron chi connectivity index (χ2n) is 6.54. The van der Waals surface area contributed by atoms with Crippen LogP contribution in [0.25, 0.3) is 0 Å². The first-order valence-corrected chi connectivity index (χ1v) is 8.92. The summed E-state index contributed by atoms with van der Waals surface area (Å²) < 4.78 is 5.80. The summed E-state index contributed by atoms with van der Waals surface area (Å²) >= 11 is 6.04. The minimum absolute atomic E-state index is 0.142. The van der Waals surface area contributed by atoms with Gasteiger partial charge in [0.2, 0.25) is 5.91 Å². The molecule has 0 aromatic heterocycles. The Kier molecular flexibility index (Phi) is 5.57. The highest BCUT2D eigenvalue weighted by molar-refractivity contribution is 6.30. The van der Waals surface area contributed by atoms with Gasteiger partial charge in [0.15, 0.2) is 0 Å². The van der Waals surface area contributed by atoms with E-state index in [0.717, 1.165) is 50.4 Å². The number of halogens is 1. The summed E-state index contributed by atoms with van der Waals surface area (Å²) in [6.07, 6.45) is 4.01. The first kappa shape index (κ1) is 16.7. The van der Waals surface area contributed by atoms with Crippen molar-refractivity contribution in [2.45, 2.75) is 37.7 Å². The highest BCUT2D eigenvalue weighted by atomic mass is 35.5. The van der Waals surface area contributed by atoms with Crippen molar-refractivity contribution >= 4 is 17.5 Å². The molecule has 1 aromatic rings. The molecule has 1 aliphatic carbocycles. The predicted molar refractivity (Wildman–Crippen MR) is 91.5 cm³/mol. The lowest BCUT2D eigenvalue weighted by molar-refractivity contribution is -0.135. The van der Waals surface area contributed by atoms with Gasteiger partial charge < -0.3 is 15.4 Å². The molecule has 2 aliphatic rings. The number of likely N-dealkylation sites (tertiary alicyclic amines) is 1. The number of amides is 1. The molecule has 126 valence electrons. The van der Waals surface area contributed by atoms with Gasteiger partial charge in [0.05, 0.1) is 6.10 Å². The zero-order chi connectivity index (χ0) is 16.2. The molecule has 1 amide bonds. The van der Waals surface area contributed by atoms with E-state index in [9.17, 15) is 4.79 Å². The van der Waals surface area contributed by atoms with Crippen molar-refractivity contribution in [1.82, 2.24) is 4.90 Å². The molecule has 2 unspecified atom stereocenters. The second-order valence-corrected chi connectivity index (χ2v) is 6.98. The van der Waals surface area contributed by atoms with Gasteiger partial charge in [0.25, 0.3) is 0 Å². The van der Waals surface area contributed by atoms with Crippen LogP contribution in [0.3, 0.4) is 0 Å². The summed E-state index contributed by atoms with van der Waals surface area (Å²) in [5.74, 6) is 0.790. The van der Waals surface area contributed by atoms with Gasteiger partial charge in [0.1, 0.15) is 0 Å². The smallest absolute Gasteiger partial charge is 0.226 e. The Morgan fingerprint density at radius 3 is 2.83 bits per heavy atom. The monoisotopic (exact) mass is 336 g/mol. The van der Waals surface area contributed by atoms with Crippen molar-refractivity contribution in [2.24, 2.45) is 11.7 Å². The molecular weight excluding hydrogens is 312 g/mol. The molecule has 1 aromatic carbocycles. The molecule has 0 bridgehead atoms. The zero-order valence-corrected chi connectivity index (χ0v) is 14.2. The van der Waals surface area contributed by atoms with Crippen LogP contribution in [-0.2, 0) is 9.53 Å². The van der Waals surface area contributed by atoms with E-state index >= 15 is 0 Å². The number of carbonyl (C=O) groups excluding carboxylic acids is 1. The van der Waals surface area contributed by atoms with Gasteiger partial charge in [-0.1, -0.05) is 23.7 Å². The number of hydrogen-bond acceptors (Lipinski definition) is 3. The quantitative estimate of drug-likeness (QED) is 0.813. The molecule has 0 spiro atoms. The lowest BCUT2D eigenvalue weighted by Crippen LogP contribution is -2.42. The zero-order valence-electron chi connectivity index (χ0n) is 13.4. The Hall–Kier alpha value is -1.10. The normalized spacial score (nSPS) is 24.7. The number of ether oxygens (including phenoxy) is 1. The van der Waals surface area contributed by atoms with Gasteiger partial charge in [-0.2, -0.15) is 0 Å². The van der Waals surface area contributed by atoms with Gasteiger partial charge in [-0.05, 0) is 55.8 Å². The fourth-order valence-corrected chi connectivity index (χ4v) is 3.58. The van der Waals surface area contributed by atoms with Crippen LogP contribution in [0.1, 0.15) is 37.2 Å². The molecule has 0 radical (unpaired) electrons. The van der Waals surface area contributed by atoms with Crippen molar-refractivity contribution in [3.63, 3.8) is 0 Å². The largest absolute Gasteiger partial charge is 0.378 e. The number of benzene rings is 1. The van der Waals surface area contributed by atoms with Crippen LogP contribution in [0.15, 0.2) is 24.3 Å². The summed E-state index contributed by atoms with van der Waals surface area (Å²) in [6.45, 7) is 3.02. The Balaban J connectivity index is 1.46. The number of rotatable bonds is 6. The first-order valence-electron chi connectivity index (χ1n) is 8.55. The van der Waals surface area contributed by atoms with E-state index < -0.39 is 0 Å². The molecule has 1 heterocycles. The fraction of sp³-hybridized carbons (Fsp3) is 0.611. The number of piperidine rings is 1. The van der Waals surface area contributed by atoms with Crippen LogP contribution in [0.2, 0.25) is 5.02 Å². The van der Waals surface area contributed by atoms with Crippen LogP contribution in [-0.4, -0.2) is 43.2 Å². The molecule has 4 nitrogen and oxygen atoms in total. The van der Waals surface area contributed by atoms with Crippen molar-refractivity contribution in [1.29, 1.82) is 0 Å². The molecule has 1 aliphatic heterocycles. The first-order chi connectivity index (χ1) is 11.2. The third-order valence-corrected chi connectivity index (χ3v) is 5.08. The molecule has 3 rings (SSSR count). The van der Waals surface area contributed by atoms with Crippen LogP contribution < -0.4 is 5.73 Å². The summed E-state index contributed by atoms with van der Waals surface area (Å²) in [5, 5.41) is 0.746. The second kappa shape index (κ2) is 7.65. The minimum atomic E-state index is 0.142. The van der Waals surface area contributed by atoms with E-state index in [0.29, 0.717) is 18.4 Å². The van der Waals surface area contributed by atoms with Crippen LogP contribution in [0, 0.1) is 5.92 Å². The molecular formula is C18H25ClN2O2. The molecule has 2 fully saturated rings. The number of hydrogen-bond donors (Lipinski definition) is 1. The topological polar surface area (TPSA) is 55.6 Å². The molecule has 1 saturated carbocycles. The lowest BCUT2D eigenvalue weighted by atomic mass is 10.1. The van der Waals surface area contributed by atoms with E-state index in [2.05, 4.69) is 6.07 Å². The van der Waals surface area contributed by atoms with Crippen LogP contribution in [0.5, 0.6) is 0 Å². The summed E-state index contributed by atoms with van der Waals surface area (Å²) in [7, 11) is 0. The molecule has 2 atom stereocenters. The highest BCUT2D eigenvalue weighted by Crippen LogP contribution is 2.49. The van der Waals surface area contributed by atoms with E-state index in [1.54, 1.807) is 0 Å². The van der Waals surface area contributed by atoms with E-state index in [1.807, 2.05) is 23.1 Å². The fourth-order valence-electron chi connectivity index (χ4n) is 3.38. The molecule has 2 N–H and O–H groups in total. The summed E-state index contributed by atoms with van der Waals surface area (Å²) in [4.78, 5) is 14.6. The average molecular weight is 337 g/mol. The Labute approximate surface area is 142 Å². The average Bonchev–Trinajstić information content (AvgIpc) is 3.36. The minimum Gasteiger partial charge on any atom is -0.378 e. The Bertz CT molecular complexity index is 544. The third kappa shape index (κ3) is 4.25. The number of carbonyl (C=O) groups is 1. The standard InChI is InChI=1S/C18H25ClN2O2/c19-14-4-1-3-13(11-14)16-12-17(16)18(22)21-8-5-15(6-9-21)23-10-2-7-20/h1,3-4,11,15-17H,2,5-10,12,20H2. The maximum absolute atomic E-state index is 12.6. The van der Waals surface area contributed by atoms with Crippen molar-refractivity contribution in [3.05, 3.63) is 34.9 Å². The van der Waals surface area contributed by atoms with Gasteiger partial charge >= 0.3 is 0 Å². The molecule has 1 saturated heterocycles. The van der Waals surface area contributed by atoms with Gasteiger partial charge in [-0.25, -0.2) is 0 Å². The van der Waals surface area contributed by atoms with Crippen molar-refractivity contribution < 1.29 is 9.53 Å². The summed E-state index contributed by atoms with van der Waals surface area (Å²) in [6, 6.07) is 7.89. The van der Waals surface area contributed by atoms with Crippen molar-refractivity contribution in [3.8, 4) is 0 Å².